The van der Waals surface area contributed by atoms with Crippen molar-refractivity contribution >= 4 is 22.0 Å². The minimum Gasteiger partial charge on any atom is -0.357 e. The van der Waals surface area contributed by atoms with Crippen molar-refractivity contribution in [1.82, 2.24) is 25.0 Å². The molecule has 0 amide bonds. The molecule has 2 aliphatic rings. The molecule has 0 radical (unpaired) electrons. The van der Waals surface area contributed by atoms with Gasteiger partial charge < -0.3 is 9.88 Å². The summed E-state index contributed by atoms with van der Waals surface area (Å²) in [6, 6.07) is 14.1. The molecule has 2 aromatic heterocycles. The maximum absolute atomic E-state index is 15.0. The van der Waals surface area contributed by atoms with Crippen LogP contribution in [0.15, 0.2) is 91.6 Å². The Bertz CT molecular complexity index is 1840. The first-order valence-electron chi connectivity index (χ1n) is 17.7. The van der Waals surface area contributed by atoms with E-state index in [4.69, 9.17) is 5.10 Å². The monoisotopic (exact) mass is 643 g/mol. The standard InChI is InChI=1S/C42H50FN5/c1-5-14-37(35-24-32(25-36(43)26-35)15-13-22-47-18-11-12-19-47)38-28-41(44-30(38)4)42-39-27-34(16-17-40(39)45-46-42)33(7-3)23-31(6-2)29-48-20-9-8-10-21-48/h5-7,14,16-17,23-28,44H,1-2,8-13,15,18-22,29H2,3-4H3,(H,45,46)/b31-23+,33-7+,37-14-. The first kappa shape index (κ1) is 33.6. The van der Waals surface area contributed by atoms with Gasteiger partial charge in [-0.2, -0.15) is 5.10 Å². The molecular weight excluding hydrogens is 593 g/mol. The fourth-order valence-electron chi connectivity index (χ4n) is 7.36. The molecule has 0 atom stereocenters. The second-order valence-corrected chi connectivity index (χ2v) is 13.4. The van der Waals surface area contributed by atoms with E-state index in [2.05, 4.69) is 89.4 Å². The fourth-order valence-corrected chi connectivity index (χ4v) is 7.36. The van der Waals surface area contributed by atoms with Crippen LogP contribution in [0.5, 0.6) is 0 Å². The van der Waals surface area contributed by atoms with Gasteiger partial charge >= 0.3 is 0 Å². The molecule has 2 saturated heterocycles. The lowest BCUT2D eigenvalue weighted by atomic mass is 9.94. The summed E-state index contributed by atoms with van der Waals surface area (Å²) >= 11 is 0. The zero-order valence-corrected chi connectivity index (χ0v) is 28.8. The summed E-state index contributed by atoms with van der Waals surface area (Å²) in [5.41, 5.74) is 11.1. The van der Waals surface area contributed by atoms with E-state index >= 15 is 4.39 Å². The minimum absolute atomic E-state index is 0.206. The third-order valence-corrected chi connectivity index (χ3v) is 9.92. The van der Waals surface area contributed by atoms with Gasteiger partial charge in [-0.1, -0.05) is 62.1 Å². The van der Waals surface area contributed by atoms with Crippen molar-refractivity contribution in [2.24, 2.45) is 0 Å². The highest BCUT2D eigenvalue weighted by molar-refractivity contribution is 5.96. The van der Waals surface area contributed by atoms with Gasteiger partial charge in [0, 0.05) is 23.2 Å². The van der Waals surface area contributed by atoms with Gasteiger partial charge in [-0.05, 0) is 149 Å². The quantitative estimate of drug-likeness (QED) is 0.143. The van der Waals surface area contributed by atoms with Gasteiger partial charge in [0.2, 0.25) is 0 Å². The number of aryl methyl sites for hydroxylation is 2. The third-order valence-electron chi connectivity index (χ3n) is 9.92. The van der Waals surface area contributed by atoms with Crippen molar-refractivity contribution in [1.29, 1.82) is 0 Å². The Hall–Kier alpha value is -4.26. The van der Waals surface area contributed by atoms with E-state index in [0.717, 1.165) is 100 Å². The molecule has 0 unspecified atom stereocenters. The Morgan fingerprint density at radius 2 is 1.71 bits per heavy atom. The van der Waals surface area contributed by atoms with E-state index in [-0.39, 0.29) is 5.82 Å². The molecule has 2 aliphatic heterocycles. The first-order valence-corrected chi connectivity index (χ1v) is 17.7. The van der Waals surface area contributed by atoms with Crippen LogP contribution in [0.3, 0.4) is 0 Å². The molecule has 250 valence electrons. The molecule has 0 aliphatic carbocycles. The second-order valence-electron chi connectivity index (χ2n) is 13.4. The highest BCUT2D eigenvalue weighted by atomic mass is 19.1. The van der Waals surface area contributed by atoms with E-state index in [1.807, 2.05) is 12.2 Å². The third kappa shape index (κ3) is 7.88. The lowest BCUT2D eigenvalue weighted by Gasteiger charge is -2.26. The summed E-state index contributed by atoms with van der Waals surface area (Å²) in [6.07, 6.45) is 18.5. The maximum atomic E-state index is 15.0. The molecule has 6 heteroatoms. The van der Waals surface area contributed by atoms with Crippen LogP contribution in [0.25, 0.3) is 33.4 Å². The lowest BCUT2D eigenvalue weighted by Crippen LogP contribution is -2.31. The van der Waals surface area contributed by atoms with Crippen LogP contribution in [0, 0.1) is 12.7 Å². The van der Waals surface area contributed by atoms with Gasteiger partial charge in [0.25, 0.3) is 0 Å². The van der Waals surface area contributed by atoms with Gasteiger partial charge in [-0.25, -0.2) is 4.39 Å². The minimum atomic E-state index is -0.206. The summed E-state index contributed by atoms with van der Waals surface area (Å²) in [5, 5.41) is 9.04. The first-order chi connectivity index (χ1) is 23.4. The Labute approximate surface area is 285 Å². The Morgan fingerprint density at radius 3 is 2.46 bits per heavy atom. The molecule has 4 aromatic rings. The van der Waals surface area contributed by atoms with Gasteiger partial charge in [0.15, 0.2) is 0 Å². The molecule has 4 heterocycles. The van der Waals surface area contributed by atoms with Crippen LogP contribution >= 0.6 is 0 Å². The largest absolute Gasteiger partial charge is 0.357 e. The zero-order valence-electron chi connectivity index (χ0n) is 28.8. The van der Waals surface area contributed by atoms with Crippen molar-refractivity contribution in [3.05, 3.63) is 125 Å². The van der Waals surface area contributed by atoms with Crippen molar-refractivity contribution in [2.75, 3.05) is 39.3 Å². The van der Waals surface area contributed by atoms with Gasteiger partial charge in [-0.15, -0.1) is 0 Å². The van der Waals surface area contributed by atoms with E-state index in [9.17, 15) is 0 Å². The summed E-state index contributed by atoms with van der Waals surface area (Å²) in [6.45, 7) is 18.9. The average Bonchev–Trinajstić information content (AvgIpc) is 3.86. The van der Waals surface area contributed by atoms with Crippen LogP contribution in [0.2, 0.25) is 0 Å². The van der Waals surface area contributed by atoms with Crippen molar-refractivity contribution in [3.8, 4) is 11.4 Å². The van der Waals surface area contributed by atoms with Gasteiger partial charge in [0.1, 0.15) is 11.5 Å². The number of benzene rings is 2. The number of rotatable bonds is 13. The summed E-state index contributed by atoms with van der Waals surface area (Å²) in [5.74, 6) is -0.206. The highest BCUT2D eigenvalue weighted by Crippen LogP contribution is 2.35. The number of aromatic nitrogens is 3. The maximum Gasteiger partial charge on any atom is 0.124 e. The molecule has 2 fully saturated rings. The molecule has 48 heavy (non-hydrogen) atoms. The van der Waals surface area contributed by atoms with Gasteiger partial charge in [-0.3, -0.25) is 10.00 Å². The number of aromatic amines is 2. The Morgan fingerprint density at radius 1 is 0.938 bits per heavy atom. The fraction of sp³-hybridized carbons (Fsp3) is 0.357. The number of hydrogen-bond donors (Lipinski definition) is 2. The number of fused-ring (bicyclic) bond motifs is 1. The number of likely N-dealkylation sites (tertiary alicyclic amines) is 2. The highest BCUT2D eigenvalue weighted by Gasteiger charge is 2.18. The van der Waals surface area contributed by atoms with Crippen LogP contribution in [-0.2, 0) is 6.42 Å². The number of halogens is 1. The SMILES string of the molecule is C=C/C=C(/c1cc(F)cc(CCCN2CCCC2)c1)c1cc(-c2n[nH]c3ccc(C(/C=C(\C=C)CN4CCCCC4)=C/C)cc23)[nH]c1C. The molecule has 0 saturated carbocycles. The number of hydrogen-bond acceptors (Lipinski definition) is 3. The second kappa shape index (κ2) is 15.8. The summed E-state index contributed by atoms with van der Waals surface area (Å²) in [7, 11) is 0. The van der Waals surface area contributed by atoms with Crippen molar-refractivity contribution in [3.63, 3.8) is 0 Å². The number of nitrogens with zero attached hydrogens (tertiary/aromatic N) is 3. The number of H-pyrrole nitrogens is 2. The van der Waals surface area contributed by atoms with Crippen LogP contribution in [0.4, 0.5) is 4.39 Å². The molecular formula is C42H50FN5. The van der Waals surface area contributed by atoms with E-state index in [0.29, 0.717) is 0 Å². The number of nitrogens with one attached hydrogen (secondary N) is 2. The molecule has 5 nitrogen and oxygen atoms in total. The van der Waals surface area contributed by atoms with E-state index in [1.165, 1.54) is 50.8 Å². The molecule has 0 spiro atoms. The molecule has 2 N–H and O–H groups in total. The van der Waals surface area contributed by atoms with Crippen LogP contribution < -0.4 is 0 Å². The summed E-state index contributed by atoms with van der Waals surface area (Å²) < 4.78 is 15.0. The van der Waals surface area contributed by atoms with E-state index in [1.54, 1.807) is 18.2 Å². The zero-order chi connectivity index (χ0) is 33.5. The topological polar surface area (TPSA) is 51.0 Å². The molecule has 2 aromatic carbocycles. The van der Waals surface area contributed by atoms with Crippen molar-refractivity contribution in [2.45, 2.75) is 58.8 Å². The van der Waals surface area contributed by atoms with Gasteiger partial charge in [0.05, 0.1) is 11.2 Å². The predicted molar refractivity (Wildman–Crippen MR) is 201 cm³/mol. The number of allylic oxidation sites excluding steroid dienone is 5. The Balaban J connectivity index is 1.27. The smallest absolute Gasteiger partial charge is 0.124 e. The normalized spacial score (nSPS) is 17.0. The van der Waals surface area contributed by atoms with Crippen LogP contribution in [-0.4, -0.2) is 64.2 Å². The molecule has 0 bridgehead atoms. The Kier molecular flexibility index (Phi) is 11.0. The van der Waals surface area contributed by atoms with Crippen molar-refractivity contribution < 1.29 is 4.39 Å². The summed E-state index contributed by atoms with van der Waals surface area (Å²) in [4.78, 5) is 8.63. The predicted octanol–water partition coefficient (Wildman–Crippen LogP) is 9.65. The lowest BCUT2D eigenvalue weighted by molar-refractivity contribution is 0.248. The van der Waals surface area contributed by atoms with Crippen LogP contribution in [0.1, 0.15) is 73.4 Å². The molecule has 6 rings (SSSR count). The number of piperidine rings is 1. The van der Waals surface area contributed by atoms with E-state index < -0.39 is 0 Å². The average molecular weight is 644 g/mol.